The van der Waals surface area contributed by atoms with E-state index < -0.39 is 0 Å². The van der Waals surface area contributed by atoms with Gasteiger partial charge in [0.1, 0.15) is 5.76 Å². The highest BCUT2D eigenvalue weighted by molar-refractivity contribution is 5.79. The smallest absolute Gasteiger partial charge is 0.191 e. The van der Waals surface area contributed by atoms with E-state index in [1.165, 1.54) is 5.56 Å². The highest BCUT2D eigenvalue weighted by atomic mass is 16.5. The fourth-order valence-electron chi connectivity index (χ4n) is 2.66. The molecule has 0 atom stereocenters. The third-order valence-corrected chi connectivity index (χ3v) is 4.26. The van der Waals surface area contributed by atoms with Gasteiger partial charge >= 0.3 is 0 Å². The van der Waals surface area contributed by atoms with Crippen molar-refractivity contribution in [1.82, 2.24) is 20.4 Å². The molecule has 0 aliphatic carbocycles. The number of nitrogens with one attached hydrogen (secondary N) is 2. The summed E-state index contributed by atoms with van der Waals surface area (Å²) in [5, 5.41) is 11.2. The minimum Gasteiger partial charge on any atom is -0.469 e. The molecule has 26 heavy (non-hydrogen) atoms. The Hall–Kier alpha value is -2.28. The van der Waals surface area contributed by atoms with Crippen molar-refractivity contribution >= 4 is 5.96 Å². The summed E-state index contributed by atoms with van der Waals surface area (Å²) < 4.78 is 12.7. The van der Waals surface area contributed by atoms with E-state index in [0.29, 0.717) is 6.54 Å². The third kappa shape index (κ3) is 6.22. The van der Waals surface area contributed by atoms with Crippen LogP contribution in [0, 0.1) is 13.8 Å². The lowest BCUT2D eigenvalue weighted by Gasteiger charge is -2.12. The Morgan fingerprint density at radius 2 is 2.12 bits per heavy atom. The quantitative estimate of drug-likeness (QED) is 0.386. The number of ether oxygens (including phenoxy) is 1. The van der Waals surface area contributed by atoms with Gasteiger partial charge in [0.2, 0.25) is 0 Å². The Morgan fingerprint density at radius 1 is 1.31 bits per heavy atom. The Balaban J connectivity index is 1.91. The van der Waals surface area contributed by atoms with Gasteiger partial charge < -0.3 is 19.8 Å². The van der Waals surface area contributed by atoms with Crippen LogP contribution in [0.15, 0.2) is 27.8 Å². The van der Waals surface area contributed by atoms with Gasteiger partial charge in [0.25, 0.3) is 0 Å². The lowest BCUT2D eigenvalue weighted by atomic mass is 10.2. The first kappa shape index (κ1) is 20.0. The molecule has 2 aromatic rings. The first-order valence-corrected chi connectivity index (χ1v) is 9.23. The number of furan rings is 1. The van der Waals surface area contributed by atoms with Crippen molar-refractivity contribution in [3.05, 3.63) is 41.1 Å². The molecule has 0 unspecified atom stereocenters. The summed E-state index contributed by atoms with van der Waals surface area (Å²) >= 11 is 0. The van der Waals surface area contributed by atoms with E-state index in [-0.39, 0.29) is 0 Å². The summed E-state index contributed by atoms with van der Waals surface area (Å²) in [6.07, 6.45) is 3.46. The summed E-state index contributed by atoms with van der Waals surface area (Å²) in [6.45, 7) is 9.79. The standard InChI is InChI=1S/C19H31N5O2/c1-5-25-12-7-10-20-19(21-11-9-17-8-6-13-26-17)22-14-18-15(2)23-24(4)16(18)3/h6,8,13H,5,7,9-12,14H2,1-4H3,(H2,20,21,22). The van der Waals surface area contributed by atoms with E-state index in [2.05, 4.69) is 22.7 Å². The summed E-state index contributed by atoms with van der Waals surface area (Å²) in [6, 6.07) is 3.89. The van der Waals surface area contributed by atoms with Crippen molar-refractivity contribution in [3.8, 4) is 0 Å². The van der Waals surface area contributed by atoms with Crippen LogP contribution in [0.4, 0.5) is 0 Å². The molecular weight excluding hydrogens is 330 g/mol. The number of rotatable bonds is 10. The number of nitrogens with zero attached hydrogens (tertiary/aromatic N) is 3. The molecule has 7 nitrogen and oxygen atoms in total. The van der Waals surface area contributed by atoms with Crippen LogP contribution < -0.4 is 10.6 Å². The number of hydrogen-bond donors (Lipinski definition) is 2. The van der Waals surface area contributed by atoms with E-state index in [0.717, 1.165) is 62.3 Å². The monoisotopic (exact) mass is 361 g/mol. The van der Waals surface area contributed by atoms with Gasteiger partial charge in [-0.15, -0.1) is 0 Å². The van der Waals surface area contributed by atoms with Gasteiger partial charge in [-0.05, 0) is 39.3 Å². The normalized spacial score (nSPS) is 11.8. The lowest BCUT2D eigenvalue weighted by molar-refractivity contribution is 0.145. The second-order valence-corrected chi connectivity index (χ2v) is 6.17. The predicted molar refractivity (Wildman–Crippen MR) is 103 cm³/mol. The first-order valence-electron chi connectivity index (χ1n) is 9.23. The van der Waals surface area contributed by atoms with Gasteiger partial charge in [0.05, 0.1) is 18.5 Å². The van der Waals surface area contributed by atoms with Gasteiger partial charge in [-0.3, -0.25) is 4.68 Å². The number of aliphatic imine (C=N–C) groups is 1. The molecule has 0 fully saturated rings. The summed E-state index contributed by atoms with van der Waals surface area (Å²) in [5.41, 5.74) is 3.35. The highest BCUT2D eigenvalue weighted by Gasteiger charge is 2.09. The molecule has 0 spiro atoms. The van der Waals surface area contributed by atoms with Gasteiger partial charge in [-0.2, -0.15) is 5.10 Å². The Kier molecular flexibility index (Phi) is 8.21. The van der Waals surface area contributed by atoms with Crippen molar-refractivity contribution in [1.29, 1.82) is 0 Å². The van der Waals surface area contributed by atoms with Gasteiger partial charge in [0, 0.05) is 51.0 Å². The van der Waals surface area contributed by atoms with Crippen LogP contribution in [0.5, 0.6) is 0 Å². The lowest BCUT2D eigenvalue weighted by Crippen LogP contribution is -2.39. The predicted octanol–water partition coefficient (Wildman–Crippen LogP) is 2.33. The zero-order valence-electron chi connectivity index (χ0n) is 16.3. The van der Waals surface area contributed by atoms with E-state index in [9.17, 15) is 0 Å². The Bertz CT molecular complexity index is 676. The maximum atomic E-state index is 5.39. The molecule has 0 radical (unpaired) electrons. The molecule has 2 aromatic heterocycles. The molecule has 144 valence electrons. The largest absolute Gasteiger partial charge is 0.469 e. The average Bonchev–Trinajstić information content (AvgIpc) is 3.21. The van der Waals surface area contributed by atoms with Crippen molar-refractivity contribution in [2.24, 2.45) is 12.0 Å². The Morgan fingerprint density at radius 3 is 2.77 bits per heavy atom. The molecule has 0 aromatic carbocycles. The molecule has 0 bridgehead atoms. The van der Waals surface area contributed by atoms with Gasteiger partial charge in [-0.1, -0.05) is 0 Å². The van der Waals surface area contributed by atoms with Crippen molar-refractivity contribution in [3.63, 3.8) is 0 Å². The van der Waals surface area contributed by atoms with E-state index in [4.69, 9.17) is 14.1 Å². The first-order chi connectivity index (χ1) is 12.6. The minimum absolute atomic E-state index is 0.604. The second kappa shape index (κ2) is 10.7. The van der Waals surface area contributed by atoms with Gasteiger partial charge in [0.15, 0.2) is 5.96 Å². The molecule has 0 amide bonds. The van der Waals surface area contributed by atoms with Crippen LogP contribution >= 0.6 is 0 Å². The van der Waals surface area contributed by atoms with Gasteiger partial charge in [-0.25, -0.2) is 4.99 Å². The highest BCUT2D eigenvalue weighted by Crippen LogP contribution is 2.12. The SMILES string of the molecule is CCOCCCNC(=NCc1c(C)nn(C)c1C)NCCc1ccco1. The van der Waals surface area contributed by atoms with E-state index in [1.807, 2.05) is 37.7 Å². The summed E-state index contributed by atoms with van der Waals surface area (Å²) in [4.78, 5) is 4.74. The topological polar surface area (TPSA) is 76.6 Å². The molecular formula is C19H31N5O2. The molecule has 0 saturated carbocycles. The third-order valence-electron chi connectivity index (χ3n) is 4.26. The van der Waals surface area contributed by atoms with Crippen LogP contribution in [0.1, 0.15) is 36.1 Å². The van der Waals surface area contributed by atoms with Crippen LogP contribution in [-0.4, -0.2) is 42.0 Å². The summed E-state index contributed by atoms with van der Waals surface area (Å²) in [5.74, 6) is 1.77. The maximum absolute atomic E-state index is 5.39. The van der Waals surface area contributed by atoms with Crippen LogP contribution in [0.3, 0.4) is 0 Å². The molecule has 2 rings (SSSR count). The maximum Gasteiger partial charge on any atom is 0.191 e. The van der Waals surface area contributed by atoms with E-state index in [1.54, 1.807) is 6.26 Å². The molecule has 0 aliphatic heterocycles. The number of aromatic nitrogens is 2. The second-order valence-electron chi connectivity index (χ2n) is 6.17. The molecule has 0 aliphatic rings. The molecule has 7 heteroatoms. The summed E-state index contributed by atoms with van der Waals surface area (Å²) in [7, 11) is 1.96. The van der Waals surface area contributed by atoms with Crippen LogP contribution in [0.25, 0.3) is 0 Å². The zero-order valence-corrected chi connectivity index (χ0v) is 16.3. The number of hydrogen-bond acceptors (Lipinski definition) is 4. The number of guanidine groups is 1. The van der Waals surface area contributed by atoms with Crippen LogP contribution in [-0.2, 0) is 24.8 Å². The van der Waals surface area contributed by atoms with E-state index >= 15 is 0 Å². The molecule has 0 saturated heterocycles. The average molecular weight is 361 g/mol. The number of aryl methyl sites for hydroxylation is 2. The van der Waals surface area contributed by atoms with Crippen molar-refractivity contribution in [2.75, 3.05) is 26.3 Å². The minimum atomic E-state index is 0.604. The van der Waals surface area contributed by atoms with Crippen molar-refractivity contribution < 1.29 is 9.15 Å². The molecule has 2 N–H and O–H groups in total. The zero-order chi connectivity index (χ0) is 18.8. The molecule has 2 heterocycles. The van der Waals surface area contributed by atoms with Crippen LogP contribution in [0.2, 0.25) is 0 Å². The fraction of sp³-hybridized carbons (Fsp3) is 0.579. The Labute approximate surface area is 155 Å². The fourth-order valence-corrected chi connectivity index (χ4v) is 2.66. The van der Waals surface area contributed by atoms with Crippen molar-refractivity contribution in [2.45, 2.75) is 40.2 Å².